The number of aromatic nitrogens is 2. The van der Waals surface area contributed by atoms with Gasteiger partial charge in [-0.1, -0.05) is 34.6 Å². The lowest BCUT2D eigenvalue weighted by Crippen LogP contribution is -2.46. The number of alkyl halides is 2. The van der Waals surface area contributed by atoms with Crippen LogP contribution in [0.25, 0.3) is 0 Å². The summed E-state index contributed by atoms with van der Waals surface area (Å²) in [5.74, 6) is 1.18. The van der Waals surface area contributed by atoms with E-state index in [1.54, 1.807) is 0 Å². The van der Waals surface area contributed by atoms with Gasteiger partial charge >= 0.3 is 0 Å². The fourth-order valence-electron chi connectivity index (χ4n) is 4.14. The second kappa shape index (κ2) is 7.40. The van der Waals surface area contributed by atoms with E-state index in [1.165, 1.54) is 4.68 Å². The number of carbonyl (C=O) groups is 1. The quantitative estimate of drug-likeness (QED) is 0.857. The monoisotopic (exact) mass is 382 g/mol. The van der Waals surface area contributed by atoms with Gasteiger partial charge in [-0.3, -0.25) is 4.79 Å². The second-order valence-corrected chi connectivity index (χ2v) is 9.32. The van der Waals surface area contributed by atoms with Crippen molar-refractivity contribution in [3.05, 3.63) is 11.8 Å². The number of fused-ring (bicyclic) bond motifs is 1. The summed E-state index contributed by atoms with van der Waals surface area (Å²) < 4.78 is 29.0. The van der Waals surface area contributed by atoms with Crippen molar-refractivity contribution in [3.63, 3.8) is 0 Å². The van der Waals surface area contributed by atoms with Gasteiger partial charge in [0.05, 0.1) is 5.69 Å². The van der Waals surface area contributed by atoms with E-state index in [9.17, 15) is 13.6 Å². The van der Waals surface area contributed by atoms with Crippen LogP contribution >= 0.6 is 0 Å². The van der Waals surface area contributed by atoms with E-state index in [0.717, 1.165) is 18.5 Å². The van der Waals surface area contributed by atoms with Crippen LogP contribution < -0.4 is 5.32 Å². The van der Waals surface area contributed by atoms with Gasteiger partial charge in [0.25, 0.3) is 6.43 Å². The van der Waals surface area contributed by atoms with Gasteiger partial charge in [-0.15, -0.1) is 0 Å². The average molecular weight is 382 g/mol. The van der Waals surface area contributed by atoms with Gasteiger partial charge < -0.3 is 10.2 Å². The van der Waals surface area contributed by atoms with E-state index in [0.29, 0.717) is 31.2 Å². The van der Waals surface area contributed by atoms with Gasteiger partial charge in [-0.05, 0) is 25.2 Å². The number of carbonyl (C=O) groups excluding carboxylic acids is 1. The Labute approximate surface area is 160 Å². The first-order valence-corrected chi connectivity index (χ1v) is 10.0. The summed E-state index contributed by atoms with van der Waals surface area (Å²) in [5.41, 5.74) is 0.644. The molecule has 1 N–H and O–H groups in total. The highest BCUT2D eigenvalue weighted by atomic mass is 19.3. The largest absolute Gasteiger partial charge is 0.367 e. The summed E-state index contributed by atoms with van der Waals surface area (Å²) >= 11 is 0. The zero-order valence-electron chi connectivity index (χ0n) is 17.0. The molecule has 5 nitrogen and oxygen atoms in total. The molecule has 1 aromatic rings. The van der Waals surface area contributed by atoms with Crippen LogP contribution in [0.5, 0.6) is 0 Å². The summed E-state index contributed by atoms with van der Waals surface area (Å²) in [6.07, 6.45) is -0.360. The molecule has 0 saturated carbocycles. The summed E-state index contributed by atoms with van der Waals surface area (Å²) in [5, 5.41) is 7.95. The van der Waals surface area contributed by atoms with Gasteiger partial charge in [0.15, 0.2) is 0 Å². The molecule has 0 aliphatic carbocycles. The van der Waals surface area contributed by atoms with Gasteiger partial charge in [0, 0.05) is 36.5 Å². The van der Waals surface area contributed by atoms with Crippen molar-refractivity contribution in [2.75, 3.05) is 18.4 Å². The van der Waals surface area contributed by atoms with Gasteiger partial charge in [-0.2, -0.15) is 5.10 Å². The number of hydrogen-bond donors (Lipinski definition) is 1. The molecule has 27 heavy (non-hydrogen) atoms. The van der Waals surface area contributed by atoms with Gasteiger partial charge in [-0.25, -0.2) is 13.5 Å². The van der Waals surface area contributed by atoms with Crippen LogP contribution in [0.2, 0.25) is 0 Å². The highest BCUT2D eigenvalue weighted by Gasteiger charge is 2.39. The van der Waals surface area contributed by atoms with Crippen molar-refractivity contribution < 1.29 is 13.6 Å². The van der Waals surface area contributed by atoms with Crippen molar-refractivity contribution >= 4 is 11.7 Å². The molecule has 3 rings (SSSR count). The third-order valence-corrected chi connectivity index (χ3v) is 5.85. The molecule has 0 aromatic carbocycles. The van der Waals surface area contributed by atoms with Crippen LogP contribution in [-0.2, 0) is 10.2 Å². The lowest BCUT2D eigenvalue weighted by atomic mass is 9.84. The third kappa shape index (κ3) is 4.11. The average Bonchev–Trinajstić information content (AvgIpc) is 3.04. The molecule has 1 fully saturated rings. The number of amides is 1. The van der Waals surface area contributed by atoms with Crippen LogP contribution in [0.1, 0.15) is 65.6 Å². The normalized spacial score (nSPS) is 24.3. The van der Waals surface area contributed by atoms with E-state index >= 15 is 0 Å². The predicted molar refractivity (Wildman–Crippen MR) is 102 cm³/mol. The zero-order chi connectivity index (χ0) is 19.9. The molecule has 0 radical (unpaired) electrons. The van der Waals surface area contributed by atoms with Gasteiger partial charge in [0.2, 0.25) is 5.91 Å². The molecule has 0 bridgehead atoms. The second-order valence-electron chi connectivity index (χ2n) is 9.32. The number of rotatable bonds is 3. The highest BCUT2D eigenvalue weighted by molar-refractivity contribution is 5.78. The minimum absolute atomic E-state index is 0.00248. The van der Waals surface area contributed by atoms with Crippen LogP contribution in [0.3, 0.4) is 0 Å². The molecule has 0 spiro atoms. The molecule has 2 atom stereocenters. The molecular formula is C20H32F2N4O. The number of anilines is 1. The molecule has 2 aliphatic heterocycles. The minimum atomic E-state index is -2.44. The van der Waals surface area contributed by atoms with Crippen molar-refractivity contribution in [1.29, 1.82) is 0 Å². The Kier molecular flexibility index (Phi) is 5.50. The molecule has 1 aromatic heterocycles. The summed E-state index contributed by atoms with van der Waals surface area (Å²) in [6, 6.07) is 1.02. The van der Waals surface area contributed by atoms with E-state index in [1.807, 2.05) is 45.6 Å². The van der Waals surface area contributed by atoms with E-state index < -0.39 is 12.5 Å². The van der Waals surface area contributed by atoms with Crippen molar-refractivity contribution in [3.8, 4) is 0 Å². The standard InChI is InChI=1S/C20H32F2N4O/c1-12(2)19(27)25-8-6-13(7-9-25)14-10-15(18(21)22)26-17(23-14)11-16(24-26)20(3,4)5/h11-15,18,23H,6-10H2,1-5H3/t14-,15+/m0/s1. The fourth-order valence-corrected chi connectivity index (χ4v) is 4.14. The summed E-state index contributed by atoms with van der Waals surface area (Å²) in [7, 11) is 0. The predicted octanol–water partition coefficient (Wildman–Crippen LogP) is 4.07. The van der Waals surface area contributed by atoms with Gasteiger partial charge in [0.1, 0.15) is 11.9 Å². The lowest BCUT2D eigenvalue weighted by Gasteiger charge is -2.40. The van der Waals surface area contributed by atoms with Crippen LogP contribution in [0, 0.1) is 11.8 Å². The first kappa shape index (κ1) is 20.1. The number of hydrogen-bond acceptors (Lipinski definition) is 3. The maximum Gasteiger partial charge on any atom is 0.260 e. The molecule has 7 heteroatoms. The van der Waals surface area contributed by atoms with Crippen LogP contribution in [-0.4, -0.2) is 46.1 Å². The molecule has 1 saturated heterocycles. The Morgan fingerprint density at radius 2 is 1.89 bits per heavy atom. The smallest absolute Gasteiger partial charge is 0.260 e. The number of likely N-dealkylation sites (tertiary alicyclic amines) is 1. The first-order valence-electron chi connectivity index (χ1n) is 10.0. The van der Waals surface area contributed by atoms with Crippen LogP contribution in [0.4, 0.5) is 14.6 Å². The Balaban J connectivity index is 1.74. The molecule has 0 unspecified atom stereocenters. The lowest BCUT2D eigenvalue weighted by molar-refractivity contribution is -0.135. The zero-order valence-corrected chi connectivity index (χ0v) is 17.0. The third-order valence-electron chi connectivity index (χ3n) is 5.85. The van der Waals surface area contributed by atoms with E-state index in [-0.39, 0.29) is 23.3 Å². The number of nitrogens with one attached hydrogen (secondary N) is 1. The minimum Gasteiger partial charge on any atom is -0.367 e. The maximum atomic E-state index is 13.8. The Morgan fingerprint density at radius 3 is 2.41 bits per heavy atom. The van der Waals surface area contributed by atoms with Crippen LogP contribution in [0.15, 0.2) is 6.07 Å². The van der Waals surface area contributed by atoms with Crippen molar-refractivity contribution in [2.24, 2.45) is 11.8 Å². The number of halogens is 2. The topological polar surface area (TPSA) is 50.2 Å². The number of piperidine rings is 1. The summed E-state index contributed by atoms with van der Waals surface area (Å²) in [4.78, 5) is 14.1. The highest BCUT2D eigenvalue weighted by Crippen LogP contribution is 2.38. The maximum absolute atomic E-state index is 13.8. The van der Waals surface area contributed by atoms with E-state index in [4.69, 9.17) is 0 Å². The fraction of sp³-hybridized carbons (Fsp3) is 0.800. The SMILES string of the molecule is CC(C)C(=O)N1CCC([C@@H]2C[C@H](C(F)F)n3nc(C(C)(C)C)cc3N2)CC1. The molecular weight excluding hydrogens is 350 g/mol. The molecule has 1 amide bonds. The first-order chi connectivity index (χ1) is 12.6. The summed E-state index contributed by atoms with van der Waals surface area (Å²) in [6.45, 7) is 11.4. The molecule has 152 valence electrons. The van der Waals surface area contributed by atoms with Crippen molar-refractivity contribution in [2.45, 2.75) is 77.8 Å². The Hall–Kier alpha value is -1.66. The van der Waals surface area contributed by atoms with E-state index in [2.05, 4.69) is 10.4 Å². The van der Waals surface area contributed by atoms with Crippen molar-refractivity contribution in [1.82, 2.24) is 14.7 Å². The Morgan fingerprint density at radius 1 is 1.26 bits per heavy atom. The molecule has 2 aliphatic rings. The Bertz CT molecular complexity index is 672. The molecule has 3 heterocycles. The number of nitrogens with zero attached hydrogens (tertiary/aromatic N) is 3.